The first-order chi connectivity index (χ1) is 8.79. The van der Waals surface area contributed by atoms with E-state index in [9.17, 15) is 0 Å². The number of aromatic nitrogens is 2. The molecule has 0 bridgehead atoms. The average Bonchev–Trinajstić information content (AvgIpc) is 2.91. The van der Waals surface area contributed by atoms with E-state index in [0.29, 0.717) is 6.61 Å². The Morgan fingerprint density at radius 1 is 1.44 bits per heavy atom. The molecule has 0 spiro atoms. The van der Waals surface area contributed by atoms with Gasteiger partial charge in [0.05, 0.1) is 12.6 Å². The number of H-pyrrole nitrogens is 1. The van der Waals surface area contributed by atoms with Crippen LogP contribution in [-0.2, 0) is 6.54 Å². The van der Waals surface area contributed by atoms with Crippen LogP contribution in [0.1, 0.15) is 31.3 Å². The molecule has 0 amide bonds. The second-order valence-corrected chi connectivity index (χ2v) is 4.16. The Balaban J connectivity index is 1.91. The van der Waals surface area contributed by atoms with Crippen LogP contribution in [0, 0.1) is 0 Å². The van der Waals surface area contributed by atoms with Gasteiger partial charge in [-0.25, -0.2) is 4.98 Å². The van der Waals surface area contributed by atoms with E-state index in [2.05, 4.69) is 34.3 Å². The Kier molecular flexibility index (Phi) is 4.36. The molecule has 96 valence electrons. The lowest BCUT2D eigenvalue weighted by molar-refractivity contribution is 0.339. The summed E-state index contributed by atoms with van der Waals surface area (Å²) in [4.78, 5) is 7.34. The Morgan fingerprint density at radius 2 is 2.33 bits per heavy atom. The molecule has 1 unspecified atom stereocenters. The van der Waals surface area contributed by atoms with Crippen molar-refractivity contribution < 1.29 is 4.74 Å². The standard InChI is InChI=1S/C14H19N3O/c1-3-18-13-6-4-5-12(9-13)10-17-11(2)14-15-7-8-16-14/h4-9,11,17H,3,10H2,1-2H3,(H,15,16). The molecule has 0 aliphatic heterocycles. The molecule has 0 aliphatic rings. The van der Waals surface area contributed by atoms with Crippen LogP contribution in [0.15, 0.2) is 36.7 Å². The van der Waals surface area contributed by atoms with Crippen LogP contribution in [-0.4, -0.2) is 16.6 Å². The Bertz CT molecular complexity index is 468. The van der Waals surface area contributed by atoms with Crippen molar-refractivity contribution in [3.63, 3.8) is 0 Å². The lowest BCUT2D eigenvalue weighted by atomic mass is 10.2. The third-order valence-corrected chi connectivity index (χ3v) is 2.75. The highest BCUT2D eigenvalue weighted by Crippen LogP contribution is 2.14. The predicted molar refractivity (Wildman–Crippen MR) is 71.5 cm³/mol. The molecule has 1 aromatic heterocycles. The smallest absolute Gasteiger partial charge is 0.122 e. The van der Waals surface area contributed by atoms with Gasteiger partial charge in [0.2, 0.25) is 0 Å². The van der Waals surface area contributed by atoms with Crippen LogP contribution in [0.4, 0.5) is 0 Å². The summed E-state index contributed by atoms with van der Waals surface area (Å²) in [6, 6.07) is 8.34. The van der Waals surface area contributed by atoms with Crippen molar-refractivity contribution in [2.75, 3.05) is 6.61 Å². The zero-order chi connectivity index (χ0) is 12.8. The van der Waals surface area contributed by atoms with Crippen molar-refractivity contribution in [1.29, 1.82) is 0 Å². The van der Waals surface area contributed by atoms with Crippen molar-refractivity contribution in [2.24, 2.45) is 0 Å². The molecule has 0 aliphatic carbocycles. The molecule has 0 saturated heterocycles. The number of nitrogens with zero attached hydrogens (tertiary/aromatic N) is 1. The summed E-state index contributed by atoms with van der Waals surface area (Å²) >= 11 is 0. The molecule has 1 aromatic carbocycles. The number of ether oxygens (including phenoxy) is 1. The highest BCUT2D eigenvalue weighted by atomic mass is 16.5. The lowest BCUT2D eigenvalue weighted by Crippen LogP contribution is -2.19. The number of benzene rings is 1. The SMILES string of the molecule is CCOc1cccc(CNC(C)c2ncc[nH]2)c1. The summed E-state index contributed by atoms with van der Waals surface area (Å²) in [5, 5.41) is 3.42. The minimum Gasteiger partial charge on any atom is -0.494 e. The molecule has 1 atom stereocenters. The second-order valence-electron chi connectivity index (χ2n) is 4.16. The Hall–Kier alpha value is -1.81. The highest BCUT2D eigenvalue weighted by molar-refractivity contribution is 5.28. The summed E-state index contributed by atoms with van der Waals surface area (Å²) in [6.07, 6.45) is 3.60. The van der Waals surface area contributed by atoms with E-state index >= 15 is 0 Å². The molecule has 2 N–H and O–H groups in total. The van der Waals surface area contributed by atoms with Crippen molar-refractivity contribution in [3.8, 4) is 5.75 Å². The zero-order valence-electron chi connectivity index (χ0n) is 10.8. The monoisotopic (exact) mass is 245 g/mol. The maximum Gasteiger partial charge on any atom is 0.122 e. The van der Waals surface area contributed by atoms with Crippen LogP contribution >= 0.6 is 0 Å². The molecule has 2 rings (SSSR count). The lowest BCUT2D eigenvalue weighted by Gasteiger charge is -2.12. The van der Waals surface area contributed by atoms with Crippen LogP contribution < -0.4 is 10.1 Å². The van der Waals surface area contributed by atoms with E-state index in [4.69, 9.17) is 4.74 Å². The Labute approximate surface area is 107 Å². The van der Waals surface area contributed by atoms with Crippen molar-refractivity contribution in [2.45, 2.75) is 26.4 Å². The van der Waals surface area contributed by atoms with Gasteiger partial charge in [0.25, 0.3) is 0 Å². The maximum absolute atomic E-state index is 5.48. The number of aromatic amines is 1. The third kappa shape index (κ3) is 3.34. The largest absolute Gasteiger partial charge is 0.494 e. The molecular weight excluding hydrogens is 226 g/mol. The van der Waals surface area contributed by atoms with Gasteiger partial charge in [-0.15, -0.1) is 0 Å². The van der Waals surface area contributed by atoms with E-state index in [1.807, 2.05) is 25.3 Å². The maximum atomic E-state index is 5.48. The number of imidazole rings is 1. The topological polar surface area (TPSA) is 49.9 Å². The minimum atomic E-state index is 0.204. The molecule has 0 saturated carbocycles. The molecule has 2 aromatic rings. The fourth-order valence-corrected chi connectivity index (χ4v) is 1.79. The zero-order valence-corrected chi connectivity index (χ0v) is 10.8. The van der Waals surface area contributed by atoms with Crippen molar-refractivity contribution >= 4 is 0 Å². The van der Waals surface area contributed by atoms with E-state index < -0.39 is 0 Å². The van der Waals surface area contributed by atoms with Crippen LogP contribution in [0.25, 0.3) is 0 Å². The van der Waals surface area contributed by atoms with Crippen molar-refractivity contribution in [1.82, 2.24) is 15.3 Å². The first-order valence-corrected chi connectivity index (χ1v) is 6.24. The van der Waals surface area contributed by atoms with Gasteiger partial charge in [0.15, 0.2) is 0 Å². The first kappa shape index (κ1) is 12.6. The molecule has 1 heterocycles. The molecule has 0 fully saturated rings. The van der Waals surface area contributed by atoms with Gasteiger partial charge in [-0.1, -0.05) is 12.1 Å². The first-order valence-electron chi connectivity index (χ1n) is 6.24. The van der Waals surface area contributed by atoms with E-state index in [1.165, 1.54) is 5.56 Å². The highest BCUT2D eigenvalue weighted by Gasteiger charge is 2.06. The Morgan fingerprint density at radius 3 is 3.06 bits per heavy atom. The number of hydrogen-bond acceptors (Lipinski definition) is 3. The van der Waals surface area contributed by atoms with E-state index in [0.717, 1.165) is 18.1 Å². The van der Waals surface area contributed by atoms with E-state index in [1.54, 1.807) is 6.20 Å². The number of rotatable bonds is 6. The molecule has 4 nitrogen and oxygen atoms in total. The van der Waals surface area contributed by atoms with E-state index in [-0.39, 0.29) is 6.04 Å². The summed E-state index contributed by atoms with van der Waals surface area (Å²) in [5.74, 6) is 1.87. The summed E-state index contributed by atoms with van der Waals surface area (Å²) in [5.41, 5.74) is 1.21. The summed E-state index contributed by atoms with van der Waals surface area (Å²) in [6.45, 7) is 5.57. The number of hydrogen-bond donors (Lipinski definition) is 2. The number of nitrogens with one attached hydrogen (secondary N) is 2. The fraction of sp³-hybridized carbons (Fsp3) is 0.357. The predicted octanol–water partition coefficient (Wildman–Crippen LogP) is 2.66. The average molecular weight is 245 g/mol. The van der Waals surface area contributed by atoms with Crippen LogP contribution in [0.3, 0.4) is 0 Å². The fourth-order valence-electron chi connectivity index (χ4n) is 1.79. The minimum absolute atomic E-state index is 0.204. The van der Waals surface area contributed by atoms with Crippen LogP contribution in [0.5, 0.6) is 5.75 Å². The quantitative estimate of drug-likeness (QED) is 0.822. The molecular formula is C14H19N3O. The molecule has 0 radical (unpaired) electrons. The normalized spacial score (nSPS) is 12.3. The van der Waals surface area contributed by atoms with Gasteiger partial charge in [-0.05, 0) is 31.5 Å². The van der Waals surface area contributed by atoms with Crippen molar-refractivity contribution in [3.05, 3.63) is 48.0 Å². The van der Waals surface area contributed by atoms with Gasteiger partial charge in [0, 0.05) is 18.9 Å². The summed E-state index contributed by atoms with van der Waals surface area (Å²) in [7, 11) is 0. The van der Waals surface area contributed by atoms with Gasteiger partial charge in [-0.2, -0.15) is 0 Å². The van der Waals surface area contributed by atoms with Crippen LogP contribution in [0.2, 0.25) is 0 Å². The molecule has 18 heavy (non-hydrogen) atoms. The third-order valence-electron chi connectivity index (χ3n) is 2.75. The second kappa shape index (κ2) is 6.21. The molecule has 4 heteroatoms. The van der Waals surface area contributed by atoms with Gasteiger partial charge < -0.3 is 15.0 Å². The van der Waals surface area contributed by atoms with Gasteiger partial charge in [-0.3, -0.25) is 0 Å². The van der Waals surface area contributed by atoms with Gasteiger partial charge in [0.1, 0.15) is 11.6 Å². The summed E-state index contributed by atoms with van der Waals surface area (Å²) < 4.78 is 5.48. The van der Waals surface area contributed by atoms with Gasteiger partial charge >= 0.3 is 0 Å².